The molecule has 0 saturated carbocycles. The first-order valence-electron chi connectivity index (χ1n) is 6.45. The van der Waals surface area contributed by atoms with E-state index in [0.717, 1.165) is 0 Å². The van der Waals surface area contributed by atoms with E-state index in [-0.39, 0.29) is 21.5 Å². The van der Waals surface area contributed by atoms with Gasteiger partial charge in [-0.3, -0.25) is 0 Å². The number of nitrogens with two attached hydrogens (primary N) is 1. The molecule has 1 heterocycles. The second-order valence-corrected chi connectivity index (χ2v) is 8.20. The van der Waals surface area contributed by atoms with Gasteiger partial charge in [-0.15, -0.1) is 0 Å². The highest BCUT2D eigenvalue weighted by Gasteiger charge is 2.36. The van der Waals surface area contributed by atoms with Gasteiger partial charge in [0.15, 0.2) is 0 Å². The van der Waals surface area contributed by atoms with Gasteiger partial charge in [-0.2, -0.15) is 4.31 Å². The first-order chi connectivity index (χ1) is 9.63. The zero-order valence-corrected chi connectivity index (χ0v) is 13.9. The standard InChI is InChI=1S/C13H17ClN2O3S2/c1-13(17)5-2-6-16(8-13)21(18,19)11-7-9(12(15)20)3-4-10(11)14/h3-4,7,17H,2,5-6,8H2,1H3,(H2,15,20). The van der Waals surface area contributed by atoms with E-state index in [9.17, 15) is 13.5 Å². The number of aliphatic hydroxyl groups is 1. The molecule has 0 aromatic heterocycles. The molecular weight excluding hydrogens is 332 g/mol. The van der Waals surface area contributed by atoms with Gasteiger partial charge in [-0.25, -0.2) is 8.42 Å². The van der Waals surface area contributed by atoms with Gasteiger partial charge < -0.3 is 10.8 Å². The lowest BCUT2D eigenvalue weighted by atomic mass is 9.97. The Balaban J connectivity index is 2.44. The molecule has 0 aliphatic carbocycles. The average molecular weight is 349 g/mol. The number of thiocarbonyl (C=S) groups is 1. The van der Waals surface area contributed by atoms with Crippen molar-refractivity contribution in [3.8, 4) is 0 Å². The van der Waals surface area contributed by atoms with Gasteiger partial charge in [0.2, 0.25) is 10.0 Å². The summed E-state index contributed by atoms with van der Waals surface area (Å²) >= 11 is 10.9. The quantitative estimate of drug-likeness (QED) is 0.809. The number of piperidine rings is 1. The number of hydrogen-bond acceptors (Lipinski definition) is 4. The first-order valence-corrected chi connectivity index (χ1v) is 8.68. The van der Waals surface area contributed by atoms with Crippen LogP contribution in [0.3, 0.4) is 0 Å². The van der Waals surface area contributed by atoms with Crippen LogP contribution in [0.5, 0.6) is 0 Å². The van der Waals surface area contributed by atoms with Crippen molar-refractivity contribution in [2.45, 2.75) is 30.3 Å². The third kappa shape index (κ3) is 3.54. The van der Waals surface area contributed by atoms with Gasteiger partial charge in [-0.1, -0.05) is 29.9 Å². The lowest BCUT2D eigenvalue weighted by Crippen LogP contribution is -2.48. The molecule has 21 heavy (non-hydrogen) atoms. The fourth-order valence-corrected chi connectivity index (χ4v) is 4.60. The van der Waals surface area contributed by atoms with Crippen molar-refractivity contribution >= 4 is 38.8 Å². The summed E-state index contributed by atoms with van der Waals surface area (Å²) in [5.41, 5.74) is 4.95. The lowest BCUT2D eigenvalue weighted by molar-refractivity contribution is 0.00940. The maximum absolute atomic E-state index is 12.7. The van der Waals surface area contributed by atoms with E-state index in [0.29, 0.717) is 24.9 Å². The molecule has 1 saturated heterocycles. The van der Waals surface area contributed by atoms with Crippen LogP contribution in [-0.2, 0) is 10.0 Å². The minimum Gasteiger partial charge on any atom is -0.389 e. The van der Waals surface area contributed by atoms with Crippen molar-refractivity contribution in [1.82, 2.24) is 4.31 Å². The van der Waals surface area contributed by atoms with E-state index >= 15 is 0 Å². The predicted octanol–water partition coefficient (Wildman–Crippen LogP) is 1.51. The van der Waals surface area contributed by atoms with Crippen molar-refractivity contribution in [1.29, 1.82) is 0 Å². The second kappa shape index (κ2) is 5.81. The van der Waals surface area contributed by atoms with Gasteiger partial charge in [-0.05, 0) is 31.9 Å². The molecule has 1 fully saturated rings. The summed E-state index contributed by atoms with van der Waals surface area (Å²) in [7, 11) is -3.79. The molecule has 1 unspecified atom stereocenters. The molecular formula is C13H17ClN2O3S2. The van der Waals surface area contributed by atoms with Crippen LogP contribution >= 0.6 is 23.8 Å². The highest BCUT2D eigenvalue weighted by Crippen LogP contribution is 2.30. The molecule has 1 aliphatic heterocycles. The summed E-state index contributed by atoms with van der Waals surface area (Å²) in [6.45, 7) is 2.02. The van der Waals surface area contributed by atoms with Gasteiger partial charge in [0.1, 0.15) is 9.88 Å². The second-order valence-electron chi connectivity index (χ2n) is 5.45. The third-order valence-electron chi connectivity index (χ3n) is 3.47. The molecule has 1 aromatic rings. The van der Waals surface area contributed by atoms with E-state index in [1.807, 2.05) is 0 Å². The first kappa shape index (κ1) is 16.6. The molecule has 5 nitrogen and oxygen atoms in total. The van der Waals surface area contributed by atoms with E-state index < -0.39 is 15.6 Å². The molecule has 2 rings (SSSR count). The van der Waals surface area contributed by atoms with Gasteiger partial charge >= 0.3 is 0 Å². The summed E-state index contributed by atoms with van der Waals surface area (Å²) in [6, 6.07) is 4.42. The minimum absolute atomic E-state index is 0.0350. The summed E-state index contributed by atoms with van der Waals surface area (Å²) < 4.78 is 26.7. The molecule has 8 heteroatoms. The average Bonchev–Trinajstić information content (AvgIpc) is 2.37. The lowest BCUT2D eigenvalue weighted by Gasteiger charge is -2.36. The molecule has 0 amide bonds. The van der Waals surface area contributed by atoms with Gasteiger partial charge in [0.05, 0.1) is 10.6 Å². The smallest absolute Gasteiger partial charge is 0.244 e. The van der Waals surface area contributed by atoms with Crippen LogP contribution in [0.25, 0.3) is 0 Å². The summed E-state index contributed by atoms with van der Waals surface area (Å²) in [5, 5.41) is 10.2. The number of halogens is 1. The highest BCUT2D eigenvalue weighted by molar-refractivity contribution is 7.89. The van der Waals surface area contributed by atoms with Crippen molar-refractivity contribution < 1.29 is 13.5 Å². The van der Waals surface area contributed by atoms with Crippen molar-refractivity contribution in [3.05, 3.63) is 28.8 Å². The zero-order valence-electron chi connectivity index (χ0n) is 11.5. The molecule has 116 valence electrons. The number of nitrogens with zero attached hydrogens (tertiary/aromatic N) is 1. The number of benzene rings is 1. The molecule has 0 spiro atoms. The van der Waals surface area contributed by atoms with E-state index in [2.05, 4.69) is 0 Å². The maximum atomic E-state index is 12.7. The Hall–Kier alpha value is -0.730. The SMILES string of the molecule is CC1(O)CCCN(S(=O)(=O)c2cc(C(N)=S)ccc2Cl)C1. The fraction of sp³-hybridized carbons (Fsp3) is 0.462. The summed E-state index contributed by atoms with van der Waals surface area (Å²) in [5.74, 6) is 0. The molecule has 0 bridgehead atoms. The maximum Gasteiger partial charge on any atom is 0.244 e. The van der Waals surface area contributed by atoms with E-state index in [1.165, 1.54) is 16.4 Å². The molecule has 3 N–H and O–H groups in total. The van der Waals surface area contributed by atoms with E-state index in [1.54, 1.807) is 13.0 Å². The molecule has 1 aliphatic rings. The van der Waals surface area contributed by atoms with Crippen LogP contribution in [0.4, 0.5) is 0 Å². The number of rotatable bonds is 3. The number of β-amino-alcohol motifs (C(OH)–C–C–N with tert-alkyl or cyclic N) is 1. The van der Waals surface area contributed by atoms with Crippen LogP contribution in [0, 0.1) is 0 Å². The van der Waals surface area contributed by atoms with Crippen molar-refractivity contribution in [2.75, 3.05) is 13.1 Å². The van der Waals surface area contributed by atoms with Crippen LogP contribution in [-0.4, -0.2) is 41.5 Å². The normalized spacial score (nSPS) is 24.0. The van der Waals surface area contributed by atoms with Crippen LogP contribution < -0.4 is 5.73 Å². The Morgan fingerprint density at radius 2 is 2.19 bits per heavy atom. The predicted molar refractivity (Wildman–Crippen MR) is 86.0 cm³/mol. The number of sulfonamides is 1. The fourth-order valence-electron chi connectivity index (χ4n) is 2.37. The Kier molecular flexibility index (Phi) is 4.60. The van der Waals surface area contributed by atoms with Crippen LogP contribution in [0.15, 0.2) is 23.1 Å². The summed E-state index contributed by atoms with van der Waals surface area (Å²) in [6.07, 6.45) is 1.17. The zero-order chi connectivity index (χ0) is 15.8. The summed E-state index contributed by atoms with van der Waals surface area (Å²) in [4.78, 5) is 0.0703. The minimum atomic E-state index is -3.79. The van der Waals surface area contributed by atoms with Gasteiger partial charge in [0.25, 0.3) is 0 Å². The molecule has 1 atom stereocenters. The Bertz CT molecular complexity index is 674. The Morgan fingerprint density at radius 3 is 2.76 bits per heavy atom. The van der Waals surface area contributed by atoms with Gasteiger partial charge in [0, 0.05) is 18.7 Å². The van der Waals surface area contributed by atoms with Crippen LogP contribution in [0.2, 0.25) is 5.02 Å². The number of hydrogen-bond donors (Lipinski definition) is 2. The van der Waals surface area contributed by atoms with Crippen molar-refractivity contribution in [2.24, 2.45) is 5.73 Å². The Morgan fingerprint density at radius 1 is 1.52 bits per heavy atom. The molecule has 0 radical (unpaired) electrons. The third-order valence-corrected chi connectivity index (χ3v) is 6.04. The largest absolute Gasteiger partial charge is 0.389 e. The molecule has 1 aromatic carbocycles. The van der Waals surface area contributed by atoms with E-state index in [4.69, 9.17) is 29.6 Å². The monoisotopic (exact) mass is 348 g/mol. The Labute approximate surface area is 134 Å². The van der Waals surface area contributed by atoms with Crippen LogP contribution in [0.1, 0.15) is 25.3 Å². The highest BCUT2D eigenvalue weighted by atomic mass is 35.5. The topological polar surface area (TPSA) is 83.6 Å². The van der Waals surface area contributed by atoms with Crippen molar-refractivity contribution in [3.63, 3.8) is 0 Å².